The molecule has 0 aliphatic rings. The van der Waals surface area contributed by atoms with Crippen molar-refractivity contribution < 1.29 is 12.9 Å². The number of sulfonamides is 1. The largest absolute Gasteiger partial charge is 0.361 e. The standard InChI is InChI=1S/C11H19ClN2O3S/c1-7(5-12)6-18(15,16)14-9(3)11-8(2)13-17-10(11)4/h7,9,14H,5-6H2,1-4H3. The predicted molar refractivity (Wildman–Crippen MR) is 71.2 cm³/mol. The van der Waals surface area contributed by atoms with Crippen LogP contribution in [0.5, 0.6) is 0 Å². The molecule has 1 aromatic heterocycles. The molecule has 104 valence electrons. The van der Waals surface area contributed by atoms with Gasteiger partial charge in [-0.1, -0.05) is 12.1 Å². The van der Waals surface area contributed by atoms with Gasteiger partial charge >= 0.3 is 0 Å². The SMILES string of the molecule is Cc1noc(C)c1C(C)NS(=O)(=O)CC(C)CCl. The van der Waals surface area contributed by atoms with Gasteiger partial charge in [0.2, 0.25) is 10.0 Å². The maximum atomic E-state index is 11.9. The summed E-state index contributed by atoms with van der Waals surface area (Å²) in [4.78, 5) is 0. The Kier molecular flexibility index (Phi) is 5.19. The van der Waals surface area contributed by atoms with E-state index < -0.39 is 10.0 Å². The van der Waals surface area contributed by atoms with Crippen LogP contribution in [0.3, 0.4) is 0 Å². The molecule has 7 heteroatoms. The van der Waals surface area contributed by atoms with Crippen LogP contribution in [0.15, 0.2) is 4.52 Å². The Balaban J connectivity index is 2.79. The minimum atomic E-state index is -3.36. The molecule has 0 radical (unpaired) electrons. The van der Waals surface area contributed by atoms with Crippen LogP contribution in [0.2, 0.25) is 0 Å². The summed E-state index contributed by atoms with van der Waals surface area (Å²) in [6.45, 7) is 7.13. The van der Waals surface area contributed by atoms with Gasteiger partial charge in [-0.25, -0.2) is 13.1 Å². The molecule has 18 heavy (non-hydrogen) atoms. The summed E-state index contributed by atoms with van der Waals surface area (Å²) >= 11 is 5.63. The molecule has 1 aromatic rings. The molecule has 0 aliphatic heterocycles. The fraction of sp³-hybridized carbons (Fsp3) is 0.727. The second-order valence-electron chi connectivity index (χ2n) is 4.62. The quantitative estimate of drug-likeness (QED) is 0.816. The van der Waals surface area contributed by atoms with E-state index in [0.29, 0.717) is 17.3 Å². The van der Waals surface area contributed by atoms with Crippen LogP contribution >= 0.6 is 11.6 Å². The first-order valence-corrected chi connectivity index (χ1v) is 7.94. The molecule has 2 unspecified atom stereocenters. The number of halogens is 1. The highest BCUT2D eigenvalue weighted by atomic mass is 35.5. The Morgan fingerprint density at radius 3 is 2.44 bits per heavy atom. The molecule has 2 atom stereocenters. The van der Waals surface area contributed by atoms with Gasteiger partial charge in [0.05, 0.1) is 11.4 Å². The zero-order chi connectivity index (χ0) is 13.9. The maximum Gasteiger partial charge on any atom is 0.212 e. The lowest BCUT2D eigenvalue weighted by Gasteiger charge is -2.15. The number of nitrogens with one attached hydrogen (secondary N) is 1. The van der Waals surface area contributed by atoms with E-state index in [1.807, 2.05) is 0 Å². The number of rotatable bonds is 6. The van der Waals surface area contributed by atoms with Crippen LogP contribution in [-0.2, 0) is 10.0 Å². The number of hydrogen-bond donors (Lipinski definition) is 1. The van der Waals surface area contributed by atoms with Gasteiger partial charge in [0.15, 0.2) is 0 Å². The van der Waals surface area contributed by atoms with Crippen LogP contribution in [0.4, 0.5) is 0 Å². The molecule has 0 aliphatic carbocycles. The van der Waals surface area contributed by atoms with Crippen LogP contribution in [0, 0.1) is 19.8 Å². The monoisotopic (exact) mass is 294 g/mol. The van der Waals surface area contributed by atoms with Crippen molar-refractivity contribution in [1.29, 1.82) is 0 Å². The lowest BCUT2D eigenvalue weighted by molar-refractivity contribution is 0.391. The van der Waals surface area contributed by atoms with E-state index in [2.05, 4.69) is 9.88 Å². The average Bonchev–Trinajstić information content (AvgIpc) is 2.56. The molecule has 0 aromatic carbocycles. The second-order valence-corrected chi connectivity index (χ2v) is 6.73. The van der Waals surface area contributed by atoms with Gasteiger partial charge < -0.3 is 4.52 Å². The molecule has 5 nitrogen and oxygen atoms in total. The summed E-state index contributed by atoms with van der Waals surface area (Å²) in [6.07, 6.45) is 0. The predicted octanol–water partition coefficient (Wildman–Crippen LogP) is 2.15. The molecule has 1 N–H and O–H groups in total. The Hall–Kier alpha value is -0.590. The Morgan fingerprint density at radius 1 is 1.39 bits per heavy atom. The van der Waals surface area contributed by atoms with E-state index in [-0.39, 0.29) is 17.7 Å². The lowest BCUT2D eigenvalue weighted by atomic mass is 10.1. The minimum absolute atomic E-state index is 0.0181. The summed E-state index contributed by atoms with van der Waals surface area (Å²) in [7, 11) is -3.36. The molecular weight excluding hydrogens is 276 g/mol. The van der Waals surface area contributed by atoms with Crippen molar-refractivity contribution in [1.82, 2.24) is 9.88 Å². The summed E-state index contributed by atoms with van der Waals surface area (Å²) in [5.41, 5.74) is 1.49. The van der Waals surface area contributed by atoms with E-state index in [1.165, 1.54) is 0 Å². The average molecular weight is 295 g/mol. The first-order valence-electron chi connectivity index (χ1n) is 5.75. The third-order valence-corrected chi connectivity index (χ3v) is 4.89. The molecule has 1 heterocycles. The van der Waals surface area contributed by atoms with Crippen molar-refractivity contribution in [3.63, 3.8) is 0 Å². The number of nitrogens with zero attached hydrogens (tertiary/aromatic N) is 1. The van der Waals surface area contributed by atoms with Crippen molar-refractivity contribution in [3.05, 3.63) is 17.0 Å². The Morgan fingerprint density at radius 2 is 2.00 bits per heavy atom. The molecule has 0 saturated carbocycles. The van der Waals surface area contributed by atoms with Crippen molar-refractivity contribution in [2.24, 2.45) is 5.92 Å². The first-order chi connectivity index (χ1) is 8.26. The fourth-order valence-corrected chi connectivity index (χ4v) is 3.76. The van der Waals surface area contributed by atoms with Crippen LogP contribution in [-0.4, -0.2) is 25.2 Å². The number of hydrogen-bond acceptors (Lipinski definition) is 4. The highest BCUT2D eigenvalue weighted by Gasteiger charge is 2.22. The van der Waals surface area contributed by atoms with E-state index in [4.69, 9.17) is 16.1 Å². The highest BCUT2D eigenvalue weighted by Crippen LogP contribution is 2.21. The third kappa shape index (κ3) is 3.96. The molecule has 0 bridgehead atoms. The van der Waals surface area contributed by atoms with Crippen molar-refractivity contribution in [3.8, 4) is 0 Å². The molecule has 0 amide bonds. The van der Waals surface area contributed by atoms with Gasteiger partial charge in [0, 0.05) is 17.5 Å². The fourth-order valence-electron chi connectivity index (χ4n) is 1.90. The summed E-state index contributed by atoms with van der Waals surface area (Å²) in [5, 5.41) is 3.81. The number of alkyl halides is 1. The van der Waals surface area contributed by atoms with E-state index in [0.717, 1.165) is 5.56 Å². The second kappa shape index (κ2) is 6.04. The molecule has 0 saturated heterocycles. The van der Waals surface area contributed by atoms with E-state index in [1.54, 1.807) is 27.7 Å². The topological polar surface area (TPSA) is 72.2 Å². The van der Waals surface area contributed by atoms with Gasteiger partial charge in [-0.3, -0.25) is 0 Å². The Bertz CT molecular complexity index is 479. The van der Waals surface area contributed by atoms with Crippen LogP contribution in [0.1, 0.15) is 36.9 Å². The van der Waals surface area contributed by atoms with Crippen LogP contribution < -0.4 is 4.72 Å². The van der Waals surface area contributed by atoms with Crippen LogP contribution in [0.25, 0.3) is 0 Å². The van der Waals surface area contributed by atoms with Gasteiger partial charge in [0.1, 0.15) is 5.76 Å². The first kappa shape index (κ1) is 15.5. The Labute approximate surface area is 113 Å². The number of aromatic nitrogens is 1. The van der Waals surface area contributed by atoms with Gasteiger partial charge in [-0.2, -0.15) is 0 Å². The molecule has 1 rings (SSSR count). The normalized spacial score (nSPS) is 15.6. The van der Waals surface area contributed by atoms with Gasteiger partial charge in [-0.05, 0) is 26.7 Å². The van der Waals surface area contributed by atoms with E-state index >= 15 is 0 Å². The zero-order valence-corrected chi connectivity index (χ0v) is 12.6. The third-order valence-electron chi connectivity index (χ3n) is 2.65. The molecule has 0 spiro atoms. The highest BCUT2D eigenvalue weighted by molar-refractivity contribution is 7.89. The van der Waals surface area contributed by atoms with Crippen molar-refractivity contribution in [2.45, 2.75) is 33.7 Å². The minimum Gasteiger partial charge on any atom is -0.361 e. The lowest BCUT2D eigenvalue weighted by Crippen LogP contribution is -2.32. The summed E-state index contributed by atoms with van der Waals surface area (Å²) < 4.78 is 31.5. The molecule has 0 fully saturated rings. The summed E-state index contributed by atoms with van der Waals surface area (Å²) in [5.74, 6) is 0.888. The number of aryl methyl sites for hydroxylation is 2. The van der Waals surface area contributed by atoms with Crippen molar-refractivity contribution >= 4 is 21.6 Å². The van der Waals surface area contributed by atoms with Gasteiger partial charge in [0.25, 0.3) is 0 Å². The van der Waals surface area contributed by atoms with Crippen molar-refractivity contribution in [2.75, 3.05) is 11.6 Å². The smallest absolute Gasteiger partial charge is 0.212 e. The zero-order valence-electron chi connectivity index (χ0n) is 11.0. The maximum absolute atomic E-state index is 11.9. The molecular formula is C11H19ClN2O3S. The van der Waals surface area contributed by atoms with Gasteiger partial charge in [-0.15, -0.1) is 11.6 Å². The van der Waals surface area contributed by atoms with E-state index in [9.17, 15) is 8.42 Å². The summed E-state index contributed by atoms with van der Waals surface area (Å²) in [6, 6.07) is -0.358.